The molecule has 1 fully saturated rings. The highest BCUT2D eigenvalue weighted by Crippen LogP contribution is 2.33. The zero-order valence-corrected chi connectivity index (χ0v) is 15.5. The van der Waals surface area contributed by atoms with Gasteiger partial charge in [0.05, 0.1) is 6.04 Å². The smallest absolute Gasteiger partial charge is 0.317 e. The largest absolute Gasteiger partial charge is 0.396 e. The maximum Gasteiger partial charge on any atom is 0.317 e. The van der Waals surface area contributed by atoms with Gasteiger partial charge in [0.2, 0.25) is 0 Å². The molecular weight excluding hydrogens is 300 g/mol. The van der Waals surface area contributed by atoms with E-state index < -0.39 is 0 Å². The molecule has 1 saturated carbocycles. The Kier molecular flexibility index (Phi) is 6.27. The molecular formula is C20H32N2O2. The van der Waals surface area contributed by atoms with Gasteiger partial charge in [-0.05, 0) is 42.6 Å². The third kappa shape index (κ3) is 4.73. The lowest BCUT2D eigenvalue weighted by molar-refractivity contribution is 0.128. The zero-order valence-electron chi connectivity index (χ0n) is 15.5. The summed E-state index contributed by atoms with van der Waals surface area (Å²) in [7, 11) is 1.89. The number of nitrogens with one attached hydrogen (secondary N) is 1. The van der Waals surface area contributed by atoms with Gasteiger partial charge in [-0.2, -0.15) is 0 Å². The van der Waals surface area contributed by atoms with E-state index in [9.17, 15) is 9.90 Å². The molecule has 0 spiro atoms. The second-order valence-corrected chi connectivity index (χ2v) is 8.13. The van der Waals surface area contributed by atoms with E-state index in [1.165, 1.54) is 0 Å². The summed E-state index contributed by atoms with van der Waals surface area (Å²) in [5, 5.41) is 12.5. The summed E-state index contributed by atoms with van der Waals surface area (Å²) < 4.78 is 0. The zero-order chi connectivity index (χ0) is 17.7. The van der Waals surface area contributed by atoms with Gasteiger partial charge < -0.3 is 15.3 Å². The van der Waals surface area contributed by atoms with E-state index in [4.69, 9.17) is 0 Å². The van der Waals surface area contributed by atoms with Crippen LogP contribution >= 0.6 is 0 Å². The van der Waals surface area contributed by atoms with Crippen molar-refractivity contribution in [3.8, 4) is 0 Å². The Morgan fingerprint density at radius 2 is 1.79 bits per heavy atom. The number of hydrogen-bond acceptors (Lipinski definition) is 2. The normalized spacial score (nSPS) is 22.7. The van der Waals surface area contributed by atoms with E-state index in [0.29, 0.717) is 5.92 Å². The highest BCUT2D eigenvalue weighted by Gasteiger charge is 2.31. The number of hydrogen-bond donors (Lipinski definition) is 2. The molecule has 2 amide bonds. The highest BCUT2D eigenvalue weighted by molar-refractivity contribution is 5.75. The Morgan fingerprint density at radius 3 is 2.29 bits per heavy atom. The van der Waals surface area contributed by atoms with Crippen molar-refractivity contribution in [2.45, 2.75) is 58.5 Å². The molecule has 0 radical (unpaired) electrons. The molecule has 1 atom stereocenters. The van der Waals surface area contributed by atoms with Crippen molar-refractivity contribution >= 4 is 6.03 Å². The topological polar surface area (TPSA) is 52.6 Å². The predicted octanol–water partition coefficient (Wildman–Crippen LogP) is 3.97. The van der Waals surface area contributed by atoms with E-state index in [-0.39, 0.29) is 30.1 Å². The van der Waals surface area contributed by atoms with Crippen LogP contribution < -0.4 is 5.32 Å². The number of aliphatic hydroxyl groups excluding tert-OH is 1. The maximum absolute atomic E-state index is 12.8. The Hall–Kier alpha value is -1.55. The minimum Gasteiger partial charge on any atom is -0.396 e. The lowest BCUT2D eigenvalue weighted by atomic mass is 9.82. The molecule has 0 aromatic heterocycles. The molecule has 4 heteroatoms. The molecule has 2 N–H and O–H groups in total. The molecule has 1 aromatic rings. The van der Waals surface area contributed by atoms with Gasteiger partial charge in [0, 0.05) is 19.7 Å². The summed E-state index contributed by atoms with van der Waals surface area (Å²) in [5.41, 5.74) is 1.07. The number of benzene rings is 1. The first-order chi connectivity index (χ1) is 11.3. The molecule has 2 rings (SSSR count). The average Bonchev–Trinajstić information content (AvgIpc) is 2.58. The molecule has 1 aliphatic rings. The van der Waals surface area contributed by atoms with E-state index in [1.54, 1.807) is 0 Å². The summed E-state index contributed by atoms with van der Waals surface area (Å²) in [4.78, 5) is 14.6. The Labute approximate surface area is 146 Å². The molecule has 24 heavy (non-hydrogen) atoms. The van der Waals surface area contributed by atoms with Gasteiger partial charge in [-0.25, -0.2) is 4.79 Å². The first-order valence-corrected chi connectivity index (χ1v) is 9.02. The van der Waals surface area contributed by atoms with Crippen LogP contribution in [-0.4, -0.2) is 35.7 Å². The molecule has 1 aliphatic carbocycles. The van der Waals surface area contributed by atoms with Crippen molar-refractivity contribution < 1.29 is 9.90 Å². The van der Waals surface area contributed by atoms with Gasteiger partial charge in [0.25, 0.3) is 0 Å². The standard InChI is InChI=1S/C20H32N2O2/c1-20(2,3)18(16-8-6-5-7-9-16)21-19(24)22(4)17-12-10-15(14-23)11-13-17/h5-9,15,17-18,23H,10-14H2,1-4H3,(H,21,24). The molecule has 134 valence electrons. The van der Waals surface area contributed by atoms with Crippen LogP contribution in [0.15, 0.2) is 30.3 Å². The van der Waals surface area contributed by atoms with Crippen LogP contribution in [0.25, 0.3) is 0 Å². The van der Waals surface area contributed by atoms with Crippen LogP contribution in [0.1, 0.15) is 58.1 Å². The van der Waals surface area contributed by atoms with Gasteiger partial charge in [-0.1, -0.05) is 51.1 Å². The molecule has 0 saturated heterocycles. The second-order valence-electron chi connectivity index (χ2n) is 8.13. The Balaban J connectivity index is 2.03. The second kappa shape index (κ2) is 8.02. The lowest BCUT2D eigenvalue weighted by Crippen LogP contribution is -2.48. The number of aliphatic hydroxyl groups is 1. The van der Waals surface area contributed by atoms with Crippen LogP contribution in [0.3, 0.4) is 0 Å². The summed E-state index contributed by atoms with van der Waals surface area (Å²) in [6, 6.07) is 10.4. The van der Waals surface area contributed by atoms with E-state index in [2.05, 4.69) is 38.2 Å². The third-order valence-corrected chi connectivity index (χ3v) is 5.21. The van der Waals surface area contributed by atoms with Crippen molar-refractivity contribution in [3.63, 3.8) is 0 Å². The van der Waals surface area contributed by atoms with Gasteiger partial charge >= 0.3 is 6.03 Å². The van der Waals surface area contributed by atoms with Crippen molar-refractivity contribution in [2.24, 2.45) is 11.3 Å². The maximum atomic E-state index is 12.8. The summed E-state index contributed by atoms with van der Waals surface area (Å²) >= 11 is 0. The Bertz CT molecular complexity index is 516. The number of nitrogens with zero attached hydrogens (tertiary/aromatic N) is 1. The molecule has 1 unspecified atom stereocenters. The van der Waals surface area contributed by atoms with E-state index >= 15 is 0 Å². The molecule has 0 aliphatic heterocycles. The van der Waals surface area contributed by atoms with Crippen LogP contribution in [0, 0.1) is 11.3 Å². The number of amides is 2. The summed E-state index contributed by atoms with van der Waals surface area (Å²) in [6.07, 6.45) is 3.95. The third-order valence-electron chi connectivity index (χ3n) is 5.21. The fourth-order valence-corrected chi connectivity index (χ4v) is 3.55. The van der Waals surface area contributed by atoms with Crippen LogP contribution in [0.2, 0.25) is 0 Å². The first kappa shape index (κ1) is 18.8. The van der Waals surface area contributed by atoms with Gasteiger partial charge in [-0.3, -0.25) is 0 Å². The minimum atomic E-state index is -0.0631. The van der Waals surface area contributed by atoms with E-state index in [0.717, 1.165) is 31.2 Å². The first-order valence-electron chi connectivity index (χ1n) is 9.02. The Morgan fingerprint density at radius 1 is 1.21 bits per heavy atom. The predicted molar refractivity (Wildman–Crippen MR) is 97.8 cm³/mol. The summed E-state index contributed by atoms with van der Waals surface area (Å²) in [6.45, 7) is 6.72. The molecule has 4 nitrogen and oxygen atoms in total. The minimum absolute atomic E-state index is 0.00812. The highest BCUT2D eigenvalue weighted by atomic mass is 16.3. The van der Waals surface area contributed by atoms with Crippen molar-refractivity contribution in [1.29, 1.82) is 0 Å². The number of carbonyl (C=O) groups is 1. The van der Waals surface area contributed by atoms with E-state index in [1.807, 2.05) is 30.1 Å². The lowest BCUT2D eigenvalue weighted by Gasteiger charge is -2.37. The average molecular weight is 332 g/mol. The van der Waals surface area contributed by atoms with Crippen LogP contribution in [0.5, 0.6) is 0 Å². The van der Waals surface area contributed by atoms with Crippen molar-refractivity contribution in [2.75, 3.05) is 13.7 Å². The summed E-state index contributed by atoms with van der Waals surface area (Å²) in [5.74, 6) is 0.407. The van der Waals surface area contributed by atoms with Crippen LogP contribution in [-0.2, 0) is 0 Å². The molecule has 0 bridgehead atoms. The quantitative estimate of drug-likeness (QED) is 0.876. The number of carbonyl (C=O) groups excluding carboxylic acids is 1. The van der Waals surface area contributed by atoms with Crippen molar-refractivity contribution in [3.05, 3.63) is 35.9 Å². The monoisotopic (exact) mass is 332 g/mol. The van der Waals surface area contributed by atoms with Crippen molar-refractivity contribution in [1.82, 2.24) is 10.2 Å². The van der Waals surface area contributed by atoms with Crippen LogP contribution in [0.4, 0.5) is 4.79 Å². The van der Waals surface area contributed by atoms with Gasteiger partial charge in [-0.15, -0.1) is 0 Å². The fourth-order valence-electron chi connectivity index (χ4n) is 3.55. The SMILES string of the molecule is CN(C(=O)NC(c1ccccc1)C(C)(C)C)C1CCC(CO)CC1. The number of urea groups is 1. The fraction of sp³-hybridized carbons (Fsp3) is 0.650. The molecule has 1 aromatic carbocycles. The molecule has 0 heterocycles. The van der Waals surface area contributed by atoms with Gasteiger partial charge in [0.15, 0.2) is 0 Å². The number of rotatable bonds is 4. The van der Waals surface area contributed by atoms with Gasteiger partial charge in [0.1, 0.15) is 0 Å².